The molecule has 0 radical (unpaired) electrons. The maximum atomic E-state index is 10.8. The fourth-order valence-corrected chi connectivity index (χ4v) is 2.24. The van der Waals surface area contributed by atoms with Crippen LogP contribution in [0.3, 0.4) is 0 Å². The first kappa shape index (κ1) is 13.7. The molecule has 0 unspecified atom stereocenters. The van der Waals surface area contributed by atoms with Crippen molar-refractivity contribution in [3.63, 3.8) is 0 Å². The number of rotatable bonds is 3. The number of nitrogens with zero attached hydrogens (tertiary/aromatic N) is 4. The first-order valence-corrected chi connectivity index (χ1v) is 7.02. The third kappa shape index (κ3) is 3.18. The van der Waals surface area contributed by atoms with Gasteiger partial charge >= 0.3 is 0 Å². The highest BCUT2D eigenvalue weighted by molar-refractivity contribution is 9.10. The number of nitrogen functional groups attached to an aromatic ring is 1. The molecule has 0 amide bonds. The summed E-state index contributed by atoms with van der Waals surface area (Å²) in [5.74, 6) is 0.387. The van der Waals surface area contributed by atoms with Crippen molar-refractivity contribution < 1.29 is 4.92 Å². The van der Waals surface area contributed by atoms with Gasteiger partial charge in [-0.3, -0.25) is 10.1 Å². The lowest BCUT2D eigenvalue weighted by molar-refractivity contribution is -0.384. The Kier molecular flexibility index (Phi) is 3.96. The second-order valence-electron chi connectivity index (χ2n) is 3.46. The van der Waals surface area contributed by atoms with Crippen molar-refractivity contribution in [1.82, 2.24) is 15.0 Å². The van der Waals surface area contributed by atoms with Crippen LogP contribution in [0.4, 0.5) is 11.6 Å². The van der Waals surface area contributed by atoms with Crippen LogP contribution >= 0.6 is 27.7 Å². The Balaban J connectivity index is 2.58. The summed E-state index contributed by atoms with van der Waals surface area (Å²) in [4.78, 5) is 22.5. The minimum absolute atomic E-state index is 0.0472. The van der Waals surface area contributed by atoms with Gasteiger partial charge in [-0.2, -0.15) is 9.97 Å². The van der Waals surface area contributed by atoms with Crippen LogP contribution in [0.15, 0.2) is 27.8 Å². The number of non-ortho nitro benzene ring substituents is 1. The van der Waals surface area contributed by atoms with E-state index in [4.69, 9.17) is 5.73 Å². The number of nitrogens with two attached hydrogens (primary N) is 1. The summed E-state index contributed by atoms with van der Waals surface area (Å²) in [6, 6.07) is 4.49. The predicted octanol–water partition coefficient (Wildman–Crippen LogP) is 2.51. The van der Waals surface area contributed by atoms with E-state index < -0.39 is 4.92 Å². The molecule has 0 saturated heterocycles. The van der Waals surface area contributed by atoms with Gasteiger partial charge in [-0.25, -0.2) is 4.98 Å². The number of aromatic nitrogens is 3. The molecule has 2 aromatic rings. The summed E-state index contributed by atoms with van der Waals surface area (Å²) in [7, 11) is 0. The number of nitro benzene ring substituents is 1. The minimum atomic E-state index is -0.478. The molecule has 19 heavy (non-hydrogen) atoms. The smallest absolute Gasteiger partial charge is 0.271 e. The highest BCUT2D eigenvalue weighted by Crippen LogP contribution is 2.27. The molecular formula is C10H8BrN5O2S. The van der Waals surface area contributed by atoms with Crippen molar-refractivity contribution in [2.75, 3.05) is 12.0 Å². The Morgan fingerprint density at radius 3 is 2.68 bits per heavy atom. The standard InChI is InChI=1S/C10H8BrN5O2S/c1-19-10-14-8(13-9(12)15-10)5-2-6(11)4-7(3-5)16(17)18/h2-4H,1H3,(H2,12,13,14,15). The molecule has 2 rings (SSSR count). The largest absolute Gasteiger partial charge is 0.368 e. The molecule has 0 fully saturated rings. The number of nitro groups is 1. The number of hydrogen-bond donors (Lipinski definition) is 1. The second kappa shape index (κ2) is 5.49. The van der Waals surface area contributed by atoms with Gasteiger partial charge in [-0.1, -0.05) is 27.7 Å². The topological polar surface area (TPSA) is 108 Å². The van der Waals surface area contributed by atoms with Crippen molar-refractivity contribution in [3.8, 4) is 11.4 Å². The first-order chi connectivity index (χ1) is 8.99. The summed E-state index contributed by atoms with van der Waals surface area (Å²) in [6.45, 7) is 0. The SMILES string of the molecule is CSc1nc(N)nc(-c2cc(Br)cc([N+](=O)[O-])c2)n1. The average Bonchev–Trinajstić information content (AvgIpc) is 2.37. The third-order valence-corrected chi connectivity index (χ3v) is 3.17. The van der Waals surface area contributed by atoms with Gasteiger partial charge in [-0.05, 0) is 12.3 Å². The molecule has 0 aliphatic rings. The zero-order valence-electron chi connectivity index (χ0n) is 9.70. The molecule has 1 aromatic carbocycles. The van der Waals surface area contributed by atoms with Gasteiger partial charge in [0.25, 0.3) is 5.69 Å². The fraction of sp³-hybridized carbons (Fsp3) is 0.100. The number of anilines is 1. The number of benzene rings is 1. The molecule has 0 atom stereocenters. The minimum Gasteiger partial charge on any atom is -0.368 e. The number of halogens is 1. The van der Waals surface area contributed by atoms with Crippen LogP contribution in [0, 0.1) is 10.1 Å². The van der Waals surface area contributed by atoms with Crippen molar-refractivity contribution >= 4 is 39.3 Å². The van der Waals surface area contributed by atoms with Crippen LogP contribution < -0.4 is 5.73 Å². The number of thioether (sulfide) groups is 1. The van der Waals surface area contributed by atoms with Gasteiger partial charge in [0, 0.05) is 22.2 Å². The monoisotopic (exact) mass is 341 g/mol. The molecule has 9 heteroatoms. The van der Waals surface area contributed by atoms with Crippen LogP contribution in [-0.2, 0) is 0 Å². The Hall–Kier alpha value is -1.74. The maximum absolute atomic E-state index is 10.8. The van der Waals surface area contributed by atoms with Crippen LogP contribution in [0.1, 0.15) is 0 Å². The maximum Gasteiger partial charge on any atom is 0.271 e. The van der Waals surface area contributed by atoms with Gasteiger partial charge < -0.3 is 5.73 Å². The van der Waals surface area contributed by atoms with Crippen LogP contribution in [0.5, 0.6) is 0 Å². The van der Waals surface area contributed by atoms with E-state index in [0.717, 1.165) is 0 Å². The zero-order chi connectivity index (χ0) is 14.0. The third-order valence-electron chi connectivity index (χ3n) is 2.17. The van der Waals surface area contributed by atoms with E-state index >= 15 is 0 Å². The van der Waals surface area contributed by atoms with Gasteiger partial charge in [0.15, 0.2) is 11.0 Å². The van der Waals surface area contributed by atoms with Crippen molar-refractivity contribution in [3.05, 3.63) is 32.8 Å². The van der Waals surface area contributed by atoms with Gasteiger partial charge in [0.2, 0.25) is 5.95 Å². The Labute approximate surface area is 120 Å². The summed E-state index contributed by atoms with van der Waals surface area (Å²) < 4.78 is 0.571. The second-order valence-corrected chi connectivity index (χ2v) is 5.15. The van der Waals surface area contributed by atoms with Crippen LogP contribution in [0.25, 0.3) is 11.4 Å². The van der Waals surface area contributed by atoms with Gasteiger partial charge in [0.1, 0.15) is 0 Å². The fourth-order valence-electron chi connectivity index (χ4n) is 1.40. The highest BCUT2D eigenvalue weighted by atomic mass is 79.9. The van der Waals surface area contributed by atoms with Crippen molar-refractivity contribution in [2.45, 2.75) is 5.16 Å². The Morgan fingerprint density at radius 2 is 2.05 bits per heavy atom. The summed E-state index contributed by atoms with van der Waals surface area (Å²) >= 11 is 4.54. The molecule has 0 spiro atoms. The lowest BCUT2D eigenvalue weighted by Gasteiger charge is -2.04. The van der Waals surface area contributed by atoms with E-state index in [9.17, 15) is 10.1 Å². The lowest BCUT2D eigenvalue weighted by Crippen LogP contribution is -2.01. The quantitative estimate of drug-likeness (QED) is 0.519. The van der Waals surface area contributed by atoms with E-state index in [1.54, 1.807) is 6.07 Å². The van der Waals surface area contributed by atoms with E-state index in [-0.39, 0.29) is 11.6 Å². The first-order valence-electron chi connectivity index (χ1n) is 5.00. The molecule has 7 nitrogen and oxygen atoms in total. The molecule has 0 aliphatic heterocycles. The van der Waals surface area contributed by atoms with Crippen LogP contribution in [0.2, 0.25) is 0 Å². The molecule has 0 saturated carbocycles. The summed E-state index contributed by atoms with van der Waals surface area (Å²) in [6.07, 6.45) is 1.81. The van der Waals surface area contributed by atoms with Crippen molar-refractivity contribution in [2.24, 2.45) is 0 Å². The van der Waals surface area contributed by atoms with E-state index in [1.807, 2.05) is 6.26 Å². The molecule has 1 aromatic heterocycles. The lowest BCUT2D eigenvalue weighted by atomic mass is 10.2. The van der Waals surface area contributed by atoms with Gasteiger partial charge in [-0.15, -0.1) is 0 Å². The highest BCUT2D eigenvalue weighted by Gasteiger charge is 2.13. The summed E-state index contributed by atoms with van der Waals surface area (Å²) in [5, 5.41) is 11.3. The molecule has 98 valence electrons. The molecule has 0 bridgehead atoms. The summed E-state index contributed by atoms with van der Waals surface area (Å²) in [5.41, 5.74) is 6.04. The van der Waals surface area contributed by atoms with E-state index in [1.165, 1.54) is 23.9 Å². The zero-order valence-corrected chi connectivity index (χ0v) is 12.1. The van der Waals surface area contributed by atoms with E-state index in [2.05, 4.69) is 30.9 Å². The normalized spacial score (nSPS) is 10.4. The molecule has 0 aliphatic carbocycles. The predicted molar refractivity (Wildman–Crippen MR) is 75.8 cm³/mol. The molecule has 1 heterocycles. The molecular weight excluding hydrogens is 334 g/mol. The van der Waals surface area contributed by atoms with Gasteiger partial charge in [0.05, 0.1) is 4.92 Å². The number of hydrogen-bond acceptors (Lipinski definition) is 7. The molecule has 2 N–H and O–H groups in total. The van der Waals surface area contributed by atoms with Crippen LogP contribution in [-0.4, -0.2) is 26.1 Å². The Morgan fingerprint density at radius 1 is 1.32 bits per heavy atom. The van der Waals surface area contributed by atoms with E-state index in [0.29, 0.717) is 21.0 Å². The Bertz CT molecular complexity index is 652. The average molecular weight is 342 g/mol. The van der Waals surface area contributed by atoms with Crippen molar-refractivity contribution in [1.29, 1.82) is 0 Å².